The quantitative estimate of drug-likeness (QED) is 0.732. The summed E-state index contributed by atoms with van der Waals surface area (Å²) in [4.78, 5) is 5.29. The van der Waals surface area contributed by atoms with Crippen molar-refractivity contribution in [3.8, 4) is 0 Å². The maximum absolute atomic E-state index is 2.81. The van der Waals surface area contributed by atoms with Crippen LogP contribution in [0.15, 0.2) is 24.3 Å². The first-order chi connectivity index (χ1) is 12.4. The van der Waals surface area contributed by atoms with Crippen LogP contribution in [0.3, 0.4) is 0 Å². The molecule has 144 valence electrons. The highest BCUT2D eigenvalue weighted by atomic mass is 15.3. The van der Waals surface area contributed by atoms with Crippen molar-refractivity contribution in [2.24, 2.45) is 11.3 Å². The van der Waals surface area contributed by atoms with Crippen molar-refractivity contribution < 1.29 is 0 Å². The van der Waals surface area contributed by atoms with Gasteiger partial charge in [-0.05, 0) is 74.0 Å². The topological polar surface area (TPSA) is 6.48 Å². The summed E-state index contributed by atoms with van der Waals surface area (Å²) in [5.41, 5.74) is 4.22. The predicted molar refractivity (Wildman–Crippen MR) is 111 cm³/mol. The molecule has 4 rings (SSSR count). The fourth-order valence-corrected chi connectivity index (χ4v) is 5.66. The maximum Gasteiger partial charge on any atom is 0.0466 e. The molecule has 0 spiro atoms. The van der Waals surface area contributed by atoms with Crippen LogP contribution in [0.25, 0.3) is 0 Å². The lowest BCUT2D eigenvalue weighted by molar-refractivity contribution is 0.0964. The molecule has 1 saturated heterocycles. The fourth-order valence-electron chi connectivity index (χ4n) is 5.66. The highest BCUT2D eigenvalue weighted by Crippen LogP contribution is 2.54. The van der Waals surface area contributed by atoms with Crippen molar-refractivity contribution >= 4 is 0 Å². The minimum Gasteiger partial charge on any atom is -0.304 e. The zero-order valence-corrected chi connectivity index (χ0v) is 17.4. The molecule has 0 bridgehead atoms. The number of hydrogen-bond donors (Lipinski definition) is 0. The Bertz CT molecular complexity index is 609. The van der Waals surface area contributed by atoms with Crippen molar-refractivity contribution in [1.29, 1.82) is 0 Å². The summed E-state index contributed by atoms with van der Waals surface area (Å²) in [6.45, 7) is 12.2. The van der Waals surface area contributed by atoms with E-state index in [1.165, 1.54) is 64.7 Å². The van der Waals surface area contributed by atoms with Crippen molar-refractivity contribution in [2.75, 3.05) is 33.2 Å². The van der Waals surface area contributed by atoms with Crippen molar-refractivity contribution in [1.82, 2.24) is 9.80 Å². The monoisotopic (exact) mass is 354 g/mol. The summed E-state index contributed by atoms with van der Waals surface area (Å²) in [5.74, 6) is 1.69. The first-order valence-electron chi connectivity index (χ1n) is 10.9. The minimum atomic E-state index is 0.374. The standard InChI is InChI=1S/C24H38N2/c1-23(2,3)20-11-9-19(10-12-20)21-7-5-6-8-22(21)24(13-14-24)26-17-15-25(4)16-18-26/h5-8,19-20H,9-18H2,1-4H3. The smallest absolute Gasteiger partial charge is 0.0466 e. The molecular formula is C24H38N2. The summed E-state index contributed by atoms with van der Waals surface area (Å²) in [5, 5.41) is 0. The normalized spacial score (nSPS) is 30.3. The number of likely N-dealkylation sites (N-methyl/N-ethyl adjacent to an activating group) is 1. The van der Waals surface area contributed by atoms with E-state index < -0.39 is 0 Å². The number of piperazine rings is 1. The number of nitrogens with zero attached hydrogens (tertiary/aromatic N) is 2. The predicted octanol–water partition coefficient (Wildman–Crippen LogP) is 5.24. The van der Waals surface area contributed by atoms with E-state index in [0.717, 1.165) is 11.8 Å². The Morgan fingerprint density at radius 1 is 0.885 bits per heavy atom. The Morgan fingerprint density at radius 2 is 1.50 bits per heavy atom. The lowest BCUT2D eigenvalue weighted by atomic mass is 9.68. The second-order valence-electron chi connectivity index (χ2n) is 10.3. The van der Waals surface area contributed by atoms with E-state index in [-0.39, 0.29) is 0 Å². The van der Waals surface area contributed by atoms with Gasteiger partial charge in [0.05, 0.1) is 0 Å². The first-order valence-corrected chi connectivity index (χ1v) is 10.9. The second kappa shape index (κ2) is 6.95. The lowest BCUT2D eigenvalue weighted by Gasteiger charge is -2.41. The zero-order chi connectivity index (χ0) is 18.4. The van der Waals surface area contributed by atoms with Crippen LogP contribution in [0, 0.1) is 11.3 Å². The molecule has 1 heterocycles. The Kier molecular flexibility index (Phi) is 4.94. The van der Waals surface area contributed by atoms with Crippen LogP contribution in [-0.4, -0.2) is 43.0 Å². The van der Waals surface area contributed by atoms with Crippen molar-refractivity contribution in [3.05, 3.63) is 35.4 Å². The highest BCUT2D eigenvalue weighted by molar-refractivity contribution is 5.40. The maximum atomic E-state index is 2.81. The minimum absolute atomic E-state index is 0.374. The van der Waals surface area contributed by atoms with Gasteiger partial charge in [-0.2, -0.15) is 0 Å². The van der Waals surface area contributed by atoms with Gasteiger partial charge < -0.3 is 4.90 Å². The molecule has 3 aliphatic rings. The zero-order valence-electron chi connectivity index (χ0n) is 17.4. The van der Waals surface area contributed by atoms with E-state index in [9.17, 15) is 0 Å². The molecule has 2 saturated carbocycles. The van der Waals surface area contributed by atoms with Gasteiger partial charge in [-0.3, -0.25) is 4.90 Å². The van der Waals surface area contributed by atoms with Crippen molar-refractivity contribution in [2.45, 2.75) is 70.8 Å². The first kappa shape index (κ1) is 18.5. The Morgan fingerprint density at radius 3 is 2.08 bits per heavy atom. The molecule has 0 aromatic heterocycles. The molecule has 2 nitrogen and oxygen atoms in total. The summed E-state index contributed by atoms with van der Waals surface area (Å²) in [6.07, 6.45) is 8.32. The molecule has 1 aliphatic heterocycles. The van der Waals surface area contributed by atoms with Crippen LogP contribution >= 0.6 is 0 Å². The summed E-state index contributed by atoms with van der Waals surface area (Å²) >= 11 is 0. The number of benzene rings is 1. The molecule has 0 N–H and O–H groups in total. The van der Waals surface area contributed by atoms with E-state index in [4.69, 9.17) is 0 Å². The lowest BCUT2D eigenvalue weighted by Crippen LogP contribution is -2.49. The molecule has 0 atom stereocenters. The van der Waals surface area contributed by atoms with Crippen LogP contribution in [0.5, 0.6) is 0 Å². The summed E-state index contributed by atoms with van der Waals surface area (Å²) < 4.78 is 0. The van der Waals surface area contributed by atoms with Crippen LogP contribution < -0.4 is 0 Å². The van der Waals surface area contributed by atoms with Crippen LogP contribution in [0.1, 0.15) is 76.3 Å². The van der Waals surface area contributed by atoms with Crippen LogP contribution in [-0.2, 0) is 5.54 Å². The van der Waals surface area contributed by atoms with Crippen LogP contribution in [0.2, 0.25) is 0 Å². The van der Waals surface area contributed by atoms with Crippen LogP contribution in [0.4, 0.5) is 0 Å². The molecule has 1 aromatic carbocycles. The molecular weight excluding hydrogens is 316 g/mol. The van der Waals surface area contributed by atoms with Gasteiger partial charge in [0, 0.05) is 31.7 Å². The number of rotatable bonds is 3. The number of hydrogen-bond acceptors (Lipinski definition) is 2. The third-order valence-electron chi connectivity index (χ3n) is 7.69. The third kappa shape index (κ3) is 3.47. The van der Waals surface area contributed by atoms with Crippen molar-refractivity contribution in [3.63, 3.8) is 0 Å². The molecule has 0 unspecified atom stereocenters. The van der Waals surface area contributed by atoms with E-state index >= 15 is 0 Å². The summed E-state index contributed by atoms with van der Waals surface area (Å²) in [6, 6.07) is 9.51. The Hall–Kier alpha value is -0.860. The van der Waals surface area contributed by atoms with E-state index in [2.05, 4.69) is 61.9 Å². The Labute approximate surface area is 161 Å². The van der Waals surface area contributed by atoms with Gasteiger partial charge in [-0.25, -0.2) is 0 Å². The van der Waals surface area contributed by atoms with E-state index in [1.54, 1.807) is 11.1 Å². The average Bonchev–Trinajstić information content (AvgIpc) is 3.43. The fraction of sp³-hybridized carbons (Fsp3) is 0.750. The van der Waals surface area contributed by atoms with Gasteiger partial charge in [0.25, 0.3) is 0 Å². The third-order valence-corrected chi connectivity index (χ3v) is 7.69. The molecule has 0 amide bonds. The van der Waals surface area contributed by atoms with Gasteiger partial charge in [-0.15, -0.1) is 0 Å². The summed E-state index contributed by atoms with van der Waals surface area (Å²) in [7, 11) is 2.26. The van der Waals surface area contributed by atoms with Gasteiger partial charge in [0.15, 0.2) is 0 Å². The van der Waals surface area contributed by atoms with E-state index in [1.807, 2.05) is 0 Å². The molecule has 1 aromatic rings. The molecule has 26 heavy (non-hydrogen) atoms. The van der Waals surface area contributed by atoms with Gasteiger partial charge in [-0.1, -0.05) is 45.0 Å². The SMILES string of the molecule is CN1CCN(C2(c3ccccc3C3CCC(C(C)(C)C)CC3)CC2)CC1. The second-order valence-corrected chi connectivity index (χ2v) is 10.3. The molecule has 0 radical (unpaired) electrons. The van der Waals surface area contributed by atoms with Gasteiger partial charge in [0.2, 0.25) is 0 Å². The Balaban J connectivity index is 1.53. The average molecular weight is 355 g/mol. The largest absolute Gasteiger partial charge is 0.304 e. The van der Waals surface area contributed by atoms with Gasteiger partial charge in [0.1, 0.15) is 0 Å². The molecule has 2 heteroatoms. The molecule has 2 aliphatic carbocycles. The van der Waals surface area contributed by atoms with Gasteiger partial charge >= 0.3 is 0 Å². The molecule has 3 fully saturated rings. The van der Waals surface area contributed by atoms with E-state index in [0.29, 0.717) is 11.0 Å². The highest BCUT2D eigenvalue weighted by Gasteiger charge is 2.51.